The van der Waals surface area contributed by atoms with E-state index in [1.54, 1.807) is 0 Å². The number of aromatic nitrogens is 2. The van der Waals surface area contributed by atoms with Gasteiger partial charge >= 0.3 is 0 Å². The average Bonchev–Trinajstić information content (AvgIpc) is 3.16. The summed E-state index contributed by atoms with van der Waals surface area (Å²) in [5.74, 6) is 1.15. The van der Waals surface area contributed by atoms with Crippen LogP contribution in [-0.2, 0) is 13.0 Å². The Hall–Kier alpha value is -1.43. The molecule has 2 aromatic heterocycles. The number of aliphatic hydroxyl groups excluding tert-OH is 1. The first-order valence-electron chi connectivity index (χ1n) is 8.00. The lowest BCUT2D eigenvalue weighted by molar-refractivity contribution is 0.187. The zero-order valence-corrected chi connectivity index (χ0v) is 13.5. The molecule has 0 radical (unpaired) electrons. The summed E-state index contributed by atoms with van der Waals surface area (Å²) in [7, 11) is 0. The largest absolute Gasteiger partial charge is 0.395 e. The van der Waals surface area contributed by atoms with Crippen molar-refractivity contribution in [2.24, 2.45) is 0 Å². The van der Waals surface area contributed by atoms with Crippen LogP contribution in [0.15, 0.2) is 29.4 Å². The van der Waals surface area contributed by atoms with Crippen molar-refractivity contribution in [3.05, 3.63) is 45.7 Å². The van der Waals surface area contributed by atoms with Crippen molar-refractivity contribution >= 4 is 16.9 Å². The number of imidazole rings is 1. The quantitative estimate of drug-likeness (QED) is 0.925. The van der Waals surface area contributed by atoms with E-state index in [1.165, 1.54) is 21.6 Å². The molecule has 0 saturated carbocycles. The van der Waals surface area contributed by atoms with Gasteiger partial charge in [-0.2, -0.15) is 0 Å². The van der Waals surface area contributed by atoms with E-state index in [2.05, 4.69) is 32.1 Å². The second kappa shape index (κ2) is 5.99. The Morgan fingerprint density at radius 2 is 2.05 bits per heavy atom. The van der Waals surface area contributed by atoms with Crippen LogP contribution in [0.5, 0.6) is 0 Å². The minimum absolute atomic E-state index is 0.255. The molecular formula is C17H21N3OS. The summed E-state index contributed by atoms with van der Waals surface area (Å²) in [6.45, 7) is 4.15. The molecule has 4 heterocycles. The van der Waals surface area contributed by atoms with Gasteiger partial charge < -0.3 is 14.6 Å². The second-order valence-corrected chi connectivity index (χ2v) is 6.93. The first-order valence-corrected chi connectivity index (χ1v) is 8.88. The van der Waals surface area contributed by atoms with E-state index in [4.69, 9.17) is 5.11 Å². The maximum absolute atomic E-state index is 9.11. The molecule has 0 spiro atoms. The van der Waals surface area contributed by atoms with Gasteiger partial charge in [0.05, 0.1) is 6.61 Å². The van der Waals surface area contributed by atoms with Crippen LogP contribution in [0, 0.1) is 0 Å². The number of hydrogen-bond acceptors (Lipinski definition) is 4. The third-order valence-corrected chi connectivity index (χ3v) is 5.74. The van der Waals surface area contributed by atoms with Crippen LogP contribution in [0.1, 0.15) is 29.1 Å². The van der Waals surface area contributed by atoms with E-state index in [1.807, 2.05) is 17.5 Å². The van der Waals surface area contributed by atoms with Crippen LogP contribution < -0.4 is 0 Å². The van der Waals surface area contributed by atoms with Gasteiger partial charge in [0.15, 0.2) is 0 Å². The summed E-state index contributed by atoms with van der Waals surface area (Å²) < 4.78 is 2.30. The Morgan fingerprint density at radius 3 is 2.86 bits per heavy atom. The predicted octanol–water partition coefficient (Wildman–Crippen LogP) is 2.39. The third-order valence-electron chi connectivity index (χ3n) is 4.76. The van der Waals surface area contributed by atoms with Crippen molar-refractivity contribution < 1.29 is 5.11 Å². The monoisotopic (exact) mass is 315 g/mol. The molecule has 0 amide bonds. The van der Waals surface area contributed by atoms with Crippen LogP contribution in [0.25, 0.3) is 5.57 Å². The van der Waals surface area contributed by atoms with Gasteiger partial charge in [0.2, 0.25) is 0 Å². The van der Waals surface area contributed by atoms with Gasteiger partial charge in [0, 0.05) is 49.0 Å². The minimum atomic E-state index is 0.255. The molecule has 0 unspecified atom stereocenters. The van der Waals surface area contributed by atoms with Crippen LogP contribution in [0.4, 0.5) is 0 Å². The number of likely N-dealkylation sites (tertiary alicyclic amines) is 1. The lowest BCUT2D eigenvalue weighted by Gasteiger charge is -2.29. The van der Waals surface area contributed by atoms with Gasteiger partial charge in [-0.15, -0.1) is 11.3 Å². The predicted molar refractivity (Wildman–Crippen MR) is 89.0 cm³/mol. The van der Waals surface area contributed by atoms with Crippen molar-refractivity contribution in [1.29, 1.82) is 0 Å². The second-order valence-electron chi connectivity index (χ2n) is 6.01. The van der Waals surface area contributed by atoms with Crippen LogP contribution >= 0.6 is 11.3 Å². The van der Waals surface area contributed by atoms with Gasteiger partial charge in [0.1, 0.15) is 5.82 Å². The highest BCUT2D eigenvalue weighted by atomic mass is 32.1. The fraction of sp³-hybridized carbons (Fsp3) is 0.471. The summed E-state index contributed by atoms with van der Waals surface area (Å²) in [5.41, 5.74) is 4.39. The molecule has 2 aromatic rings. The first-order chi connectivity index (χ1) is 10.9. The molecule has 4 nitrogen and oxygen atoms in total. The van der Waals surface area contributed by atoms with Crippen LogP contribution in [-0.4, -0.2) is 45.8 Å². The first kappa shape index (κ1) is 14.2. The standard InChI is InChI=1S/C17H21N3OS/c21-11-10-19-6-1-13(2-7-19)15-16-14(4-12-22-16)3-8-20-9-5-18-17(15)20/h4-5,9,12,21H,1-3,6-8,10-11H2. The summed E-state index contributed by atoms with van der Waals surface area (Å²) in [6, 6.07) is 2.27. The fourth-order valence-corrected chi connectivity index (χ4v) is 4.61. The zero-order chi connectivity index (χ0) is 14.9. The highest BCUT2D eigenvalue weighted by Gasteiger charge is 2.25. The molecule has 0 bridgehead atoms. The number of aliphatic hydroxyl groups is 1. The molecule has 0 atom stereocenters. The summed E-state index contributed by atoms with van der Waals surface area (Å²) >= 11 is 1.85. The van der Waals surface area contributed by atoms with E-state index < -0.39 is 0 Å². The zero-order valence-electron chi connectivity index (χ0n) is 12.7. The average molecular weight is 315 g/mol. The fourth-order valence-electron chi connectivity index (χ4n) is 3.57. The maximum atomic E-state index is 9.11. The van der Waals surface area contributed by atoms with Gasteiger partial charge in [-0.05, 0) is 36.3 Å². The number of hydrogen-bond donors (Lipinski definition) is 1. The Bertz CT molecular complexity index is 646. The minimum Gasteiger partial charge on any atom is -0.395 e. The van der Waals surface area contributed by atoms with E-state index in [0.29, 0.717) is 0 Å². The Morgan fingerprint density at radius 1 is 1.18 bits per heavy atom. The number of β-amino-alcohol motifs (C(OH)–C–C–N with tert-alkyl or cyclic N) is 1. The normalized spacial score (nSPS) is 19.0. The lowest BCUT2D eigenvalue weighted by Crippen LogP contribution is -2.33. The summed E-state index contributed by atoms with van der Waals surface area (Å²) in [4.78, 5) is 8.44. The molecule has 1 saturated heterocycles. The Balaban J connectivity index is 1.75. The van der Waals surface area contributed by atoms with Crippen LogP contribution in [0.3, 0.4) is 0 Å². The topological polar surface area (TPSA) is 41.3 Å². The number of aryl methyl sites for hydroxylation is 2. The number of nitrogens with zero attached hydrogens (tertiary/aromatic N) is 3. The van der Waals surface area contributed by atoms with E-state index in [0.717, 1.165) is 51.3 Å². The molecule has 2 aliphatic heterocycles. The summed E-state index contributed by atoms with van der Waals surface area (Å²) in [5, 5.41) is 11.3. The molecule has 2 aliphatic rings. The van der Waals surface area contributed by atoms with Gasteiger partial charge in [-0.3, -0.25) is 0 Å². The molecule has 4 rings (SSSR count). The molecule has 5 heteroatoms. The van der Waals surface area contributed by atoms with Crippen LogP contribution in [0.2, 0.25) is 0 Å². The molecular weight excluding hydrogens is 294 g/mol. The molecule has 116 valence electrons. The van der Waals surface area contributed by atoms with E-state index in [-0.39, 0.29) is 6.61 Å². The van der Waals surface area contributed by atoms with E-state index >= 15 is 0 Å². The van der Waals surface area contributed by atoms with Crippen molar-refractivity contribution in [2.75, 3.05) is 26.2 Å². The highest BCUT2D eigenvalue weighted by Crippen LogP contribution is 2.38. The Labute approximate surface area is 134 Å². The highest BCUT2D eigenvalue weighted by molar-refractivity contribution is 7.11. The molecule has 22 heavy (non-hydrogen) atoms. The molecule has 1 fully saturated rings. The van der Waals surface area contributed by atoms with Gasteiger partial charge in [0.25, 0.3) is 0 Å². The number of piperidine rings is 1. The number of rotatable bonds is 2. The lowest BCUT2D eigenvalue weighted by atomic mass is 9.95. The van der Waals surface area contributed by atoms with Crippen molar-refractivity contribution in [3.63, 3.8) is 0 Å². The van der Waals surface area contributed by atoms with Crippen molar-refractivity contribution in [1.82, 2.24) is 14.5 Å². The molecule has 0 aromatic carbocycles. The smallest absolute Gasteiger partial charge is 0.141 e. The number of fused-ring (bicyclic) bond motifs is 2. The number of thiophene rings is 1. The van der Waals surface area contributed by atoms with Crippen molar-refractivity contribution in [2.45, 2.75) is 25.8 Å². The summed E-state index contributed by atoms with van der Waals surface area (Å²) in [6.07, 6.45) is 7.29. The third kappa shape index (κ3) is 2.43. The Kier molecular flexibility index (Phi) is 3.86. The maximum Gasteiger partial charge on any atom is 0.141 e. The molecule has 0 aliphatic carbocycles. The van der Waals surface area contributed by atoms with Gasteiger partial charge in [-0.1, -0.05) is 5.57 Å². The molecule has 1 N–H and O–H groups in total. The van der Waals surface area contributed by atoms with Crippen molar-refractivity contribution in [3.8, 4) is 0 Å². The van der Waals surface area contributed by atoms with E-state index in [9.17, 15) is 0 Å². The SMILES string of the molecule is OCCN1CCC(=C2c3sccc3CCn3ccnc32)CC1. The van der Waals surface area contributed by atoms with Gasteiger partial charge in [-0.25, -0.2) is 4.98 Å².